The van der Waals surface area contributed by atoms with Crippen LogP contribution in [0.1, 0.15) is 11.1 Å². The normalized spacial score (nSPS) is 16.1. The molecule has 108 valence electrons. The molecule has 1 unspecified atom stereocenters. The molecule has 1 heterocycles. The number of hydrogen-bond donors (Lipinski definition) is 2. The third kappa shape index (κ3) is 2.97. The van der Waals surface area contributed by atoms with Crippen molar-refractivity contribution in [1.29, 1.82) is 0 Å². The van der Waals surface area contributed by atoms with Gasteiger partial charge in [0.05, 0.1) is 6.54 Å². The minimum Gasteiger partial charge on any atom is -0.488 e. The number of halogens is 1. The van der Waals surface area contributed by atoms with E-state index in [2.05, 4.69) is 11.4 Å². The van der Waals surface area contributed by atoms with Gasteiger partial charge in [-0.2, -0.15) is 0 Å². The third-order valence-electron chi connectivity index (χ3n) is 3.48. The first kappa shape index (κ1) is 13.8. The molecule has 0 spiro atoms. The second-order valence-corrected chi connectivity index (χ2v) is 5.43. The van der Waals surface area contributed by atoms with E-state index >= 15 is 0 Å². The molecule has 5 heteroatoms. The average molecular weight is 302 g/mol. The SMILES string of the molecule is NC(=S)c1cc(F)ccc1NCC1Cc2ccccc2O1. The van der Waals surface area contributed by atoms with Crippen LogP contribution in [0.4, 0.5) is 10.1 Å². The van der Waals surface area contributed by atoms with Crippen LogP contribution < -0.4 is 15.8 Å². The zero-order valence-electron chi connectivity index (χ0n) is 11.3. The van der Waals surface area contributed by atoms with Crippen molar-refractivity contribution in [2.45, 2.75) is 12.5 Å². The lowest BCUT2D eigenvalue weighted by Gasteiger charge is -2.15. The summed E-state index contributed by atoms with van der Waals surface area (Å²) < 4.78 is 19.1. The van der Waals surface area contributed by atoms with Gasteiger partial charge in [0, 0.05) is 17.7 Å². The number of nitrogens with two attached hydrogens (primary N) is 1. The van der Waals surface area contributed by atoms with E-state index in [-0.39, 0.29) is 16.9 Å². The Hall–Kier alpha value is -2.14. The van der Waals surface area contributed by atoms with Crippen molar-refractivity contribution in [2.24, 2.45) is 5.73 Å². The predicted octanol–water partition coefficient (Wildman–Crippen LogP) is 2.88. The van der Waals surface area contributed by atoms with Crippen LogP contribution in [0.2, 0.25) is 0 Å². The molecular weight excluding hydrogens is 287 g/mol. The molecule has 0 aromatic heterocycles. The third-order valence-corrected chi connectivity index (χ3v) is 3.70. The summed E-state index contributed by atoms with van der Waals surface area (Å²) in [4.78, 5) is 0.174. The average Bonchev–Trinajstić information content (AvgIpc) is 2.88. The van der Waals surface area contributed by atoms with Gasteiger partial charge in [-0.25, -0.2) is 4.39 Å². The molecule has 0 radical (unpaired) electrons. The minimum atomic E-state index is -0.354. The molecule has 1 atom stereocenters. The van der Waals surface area contributed by atoms with Gasteiger partial charge in [-0.1, -0.05) is 30.4 Å². The van der Waals surface area contributed by atoms with E-state index in [1.54, 1.807) is 6.07 Å². The number of nitrogens with one attached hydrogen (secondary N) is 1. The van der Waals surface area contributed by atoms with Crippen LogP contribution >= 0.6 is 12.2 Å². The van der Waals surface area contributed by atoms with Crippen molar-refractivity contribution in [3.8, 4) is 5.75 Å². The number of rotatable bonds is 4. The fraction of sp³-hybridized carbons (Fsp3) is 0.188. The molecule has 0 amide bonds. The zero-order valence-corrected chi connectivity index (χ0v) is 12.1. The van der Waals surface area contributed by atoms with E-state index in [0.29, 0.717) is 12.1 Å². The van der Waals surface area contributed by atoms with Crippen LogP contribution in [-0.4, -0.2) is 17.6 Å². The first-order valence-corrected chi connectivity index (χ1v) is 7.12. The highest BCUT2D eigenvalue weighted by Gasteiger charge is 2.22. The summed E-state index contributed by atoms with van der Waals surface area (Å²) in [6.45, 7) is 0.607. The van der Waals surface area contributed by atoms with Gasteiger partial charge >= 0.3 is 0 Å². The molecule has 1 aliphatic rings. The van der Waals surface area contributed by atoms with Crippen molar-refractivity contribution in [3.05, 3.63) is 59.4 Å². The Morgan fingerprint density at radius 2 is 2.14 bits per heavy atom. The number of benzene rings is 2. The number of para-hydroxylation sites is 1. The predicted molar refractivity (Wildman–Crippen MR) is 85.3 cm³/mol. The first-order valence-electron chi connectivity index (χ1n) is 6.71. The molecule has 0 aliphatic carbocycles. The molecule has 21 heavy (non-hydrogen) atoms. The molecule has 3 rings (SSSR count). The fourth-order valence-corrected chi connectivity index (χ4v) is 2.63. The molecule has 0 saturated heterocycles. The summed E-state index contributed by atoms with van der Waals surface area (Å²) in [5, 5.41) is 3.24. The standard InChI is InChI=1S/C16H15FN2OS/c17-11-5-6-14(13(8-11)16(18)21)19-9-12-7-10-3-1-2-4-15(10)20-12/h1-6,8,12,19H,7,9H2,(H2,18,21). The van der Waals surface area contributed by atoms with Gasteiger partial charge in [0.15, 0.2) is 0 Å². The lowest BCUT2D eigenvalue weighted by molar-refractivity contribution is 0.246. The van der Waals surface area contributed by atoms with E-state index in [9.17, 15) is 4.39 Å². The Kier molecular flexibility index (Phi) is 3.75. The molecule has 1 aliphatic heterocycles. The lowest BCUT2D eigenvalue weighted by atomic mass is 10.1. The quantitative estimate of drug-likeness (QED) is 0.853. The summed E-state index contributed by atoms with van der Waals surface area (Å²) in [5.41, 5.74) is 8.08. The van der Waals surface area contributed by atoms with Crippen molar-refractivity contribution in [1.82, 2.24) is 0 Å². The van der Waals surface area contributed by atoms with Gasteiger partial charge in [-0.05, 0) is 29.8 Å². The highest BCUT2D eigenvalue weighted by Crippen LogP contribution is 2.28. The summed E-state index contributed by atoms with van der Waals surface area (Å²) in [5.74, 6) is 0.575. The zero-order chi connectivity index (χ0) is 14.8. The fourth-order valence-electron chi connectivity index (χ4n) is 2.47. The van der Waals surface area contributed by atoms with Gasteiger partial charge in [0.1, 0.15) is 22.7 Å². The van der Waals surface area contributed by atoms with Gasteiger partial charge in [0.25, 0.3) is 0 Å². The van der Waals surface area contributed by atoms with E-state index < -0.39 is 0 Å². The van der Waals surface area contributed by atoms with Crippen LogP contribution in [0.5, 0.6) is 5.75 Å². The van der Waals surface area contributed by atoms with Crippen LogP contribution in [0.25, 0.3) is 0 Å². The maximum atomic E-state index is 13.3. The van der Waals surface area contributed by atoms with Crippen LogP contribution in [0.15, 0.2) is 42.5 Å². The lowest BCUT2D eigenvalue weighted by Crippen LogP contribution is -2.25. The molecule has 2 aromatic rings. The molecule has 0 saturated carbocycles. The molecule has 0 fully saturated rings. The summed E-state index contributed by atoms with van der Waals surface area (Å²) in [6, 6.07) is 12.4. The Labute approximate surface area is 127 Å². The summed E-state index contributed by atoms with van der Waals surface area (Å²) >= 11 is 4.95. The number of thiocarbonyl (C=S) groups is 1. The number of hydrogen-bond acceptors (Lipinski definition) is 3. The van der Waals surface area contributed by atoms with Gasteiger partial charge in [-0.15, -0.1) is 0 Å². The van der Waals surface area contributed by atoms with Crippen molar-refractivity contribution in [2.75, 3.05) is 11.9 Å². The van der Waals surface area contributed by atoms with Crippen LogP contribution in [0.3, 0.4) is 0 Å². The number of anilines is 1. The Balaban J connectivity index is 1.68. The first-order chi connectivity index (χ1) is 10.1. The van der Waals surface area contributed by atoms with E-state index in [4.69, 9.17) is 22.7 Å². The van der Waals surface area contributed by atoms with E-state index in [0.717, 1.165) is 17.9 Å². The van der Waals surface area contributed by atoms with Gasteiger partial charge in [-0.3, -0.25) is 0 Å². The van der Waals surface area contributed by atoms with Crippen molar-refractivity contribution < 1.29 is 9.13 Å². The molecule has 3 N–H and O–H groups in total. The smallest absolute Gasteiger partial charge is 0.124 e. The van der Waals surface area contributed by atoms with Gasteiger partial charge in [0.2, 0.25) is 0 Å². The minimum absolute atomic E-state index is 0.0478. The number of ether oxygens (including phenoxy) is 1. The highest BCUT2D eigenvalue weighted by molar-refractivity contribution is 7.80. The van der Waals surface area contributed by atoms with Crippen LogP contribution in [-0.2, 0) is 6.42 Å². The second-order valence-electron chi connectivity index (χ2n) is 4.99. The molecule has 0 bridgehead atoms. The molecule has 2 aromatic carbocycles. The topological polar surface area (TPSA) is 47.3 Å². The summed E-state index contributed by atoms with van der Waals surface area (Å²) in [6.07, 6.45) is 0.902. The molecule has 3 nitrogen and oxygen atoms in total. The van der Waals surface area contributed by atoms with E-state index in [1.807, 2.05) is 18.2 Å². The Morgan fingerprint density at radius 3 is 2.90 bits per heavy atom. The molecular formula is C16H15FN2OS. The monoisotopic (exact) mass is 302 g/mol. The Bertz CT molecular complexity index is 665. The maximum absolute atomic E-state index is 13.3. The summed E-state index contributed by atoms with van der Waals surface area (Å²) in [7, 11) is 0. The maximum Gasteiger partial charge on any atom is 0.124 e. The Morgan fingerprint density at radius 1 is 1.33 bits per heavy atom. The highest BCUT2D eigenvalue weighted by atomic mass is 32.1. The van der Waals surface area contributed by atoms with Crippen molar-refractivity contribution >= 4 is 22.9 Å². The largest absolute Gasteiger partial charge is 0.488 e. The van der Waals surface area contributed by atoms with E-state index in [1.165, 1.54) is 17.7 Å². The van der Waals surface area contributed by atoms with Crippen molar-refractivity contribution in [3.63, 3.8) is 0 Å². The van der Waals surface area contributed by atoms with Gasteiger partial charge < -0.3 is 15.8 Å². The second kappa shape index (κ2) is 5.69. The van der Waals surface area contributed by atoms with Crippen LogP contribution in [0, 0.1) is 5.82 Å². The number of fused-ring (bicyclic) bond motifs is 1.